The summed E-state index contributed by atoms with van der Waals surface area (Å²) >= 11 is 5.87. The number of rotatable bonds is 3. The fourth-order valence-electron chi connectivity index (χ4n) is 2.19. The number of benzene rings is 1. The first-order valence-electron chi connectivity index (χ1n) is 5.92. The number of halogens is 1. The SMILES string of the molecule is NC1CCCN(CC(=O)c2cccc(Cl)c2)C1. The third-order valence-electron chi connectivity index (χ3n) is 3.06. The van der Waals surface area contributed by atoms with Crippen LogP contribution in [0.15, 0.2) is 24.3 Å². The van der Waals surface area contributed by atoms with E-state index in [9.17, 15) is 4.79 Å². The van der Waals surface area contributed by atoms with E-state index in [-0.39, 0.29) is 11.8 Å². The molecule has 0 amide bonds. The summed E-state index contributed by atoms with van der Waals surface area (Å²) < 4.78 is 0. The Bertz CT molecular complexity index is 408. The fraction of sp³-hybridized carbons (Fsp3) is 0.462. The van der Waals surface area contributed by atoms with Crippen LogP contribution in [-0.2, 0) is 0 Å². The molecule has 1 atom stereocenters. The summed E-state index contributed by atoms with van der Waals surface area (Å²) in [6.07, 6.45) is 2.13. The van der Waals surface area contributed by atoms with Crippen molar-refractivity contribution in [3.63, 3.8) is 0 Å². The molecule has 0 spiro atoms. The van der Waals surface area contributed by atoms with Crippen molar-refractivity contribution in [1.29, 1.82) is 0 Å². The summed E-state index contributed by atoms with van der Waals surface area (Å²) in [6, 6.07) is 7.30. The minimum absolute atomic E-state index is 0.113. The van der Waals surface area contributed by atoms with Crippen molar-refractivity contribution < 1.29 is 4.79 Å². The van der Waals surface area contributed by atoms with Gasteiger partial charge in [-0.1, -0.05) is 23.7 Å². The molecule has 1 aliphatic rings. The van der Waals surface area contributed by atoms with Gasteiger partial charge >= 0.3 is 0 Å². The molecule has 0 saturated carbocycles. The first kappa shape index (κ1) is 12.6. The second-order valence-electron chi connectivity index (χ2n) is 4.57. The summed E-state index contributed by atoms with van der Waals surface area (Å²) in [6.45, 7) is 2.21. The molecule has 2 N–H and O–H groups in total. The van der Waals surface area contributed by atoms with Crippen LogP contribution in [0.3, 0.4) is 0 Å². The van der Waals surface area contributed by atoms with Crippen LogP contribution in [0.5, 0.6) is 0 Å². The second kappa shape index (κ2) is 5.63. The van der Waals surface area contributed by atoms with E-state index >= 15 is 0 Å². The standard InChI is InChI=1S/C13H17ClN2O/c14-11-4-1-3-10(7-11)13(17)9-16-6-2-5-12(15)8-16/h1,3-4,7,12H,2,5-6,8-9,15H2. The van der Waals surface area contributed by atoms with E-state index in [0.717, 1.165) is 25.9 Å². The zero-order valence-electron chi connectivity index (χ0n) is 9.73. The highest BCUT2D eigenvalue weighted by Gasteiger charge is 2.19. The highest BCUT2D eigenvalue weighted by molar-refractivity contribution is 6.31. The van der Waals surface area contributed by atoms with E-state index in [1.54, 1.807) is 24.3 Å². The third kappa shape index (κ3) is 3.53. The molecule has 0 aromatic heterocycles. The molecule has 1 heterocycles. The second-order valence-corrected chi connectivity index (χ2v) is 5.01. The minimum Gasteiger partial charge on any atom is -0.327 e. The molecule has 1 unspecified atom stereocenters. The number of carbonyl (C=O) groups excluding carboxylic acids is 1. The summed E-state index contributed by atoms with van der Waals surface area (Å²) in [5, 5.41) is 0.603. The smallest absolute Gasteiger partial charge is 0.176 e. The number of Topliss-reactive ketones (excluding diaryl/α,β-unsaturated/α-hetero) is 1. The van der Waals surface area contributed by atoms with Gasteiger partial charge in [-0.15, -0.1) is 0 Å². The molecule has 0 aliphatic carbocycles. The van der Waals surface area contributed by atoms with E-state index < -0.39 is 0 Å². The molecule has 1 aliphatic heterocycles. The minimum atomic E-state index is 0.113. The predicted molar refractivity (Wildman–Crippen MR) is 69.4 cm³/mol. The van der Waals surface area contributed by atoms with E-state index in [0.29, 0.717) is 17.1 Å². The number of hydrogen-bond acceptors (Lipinski definition) is 3. The van der Waals surface area contributed by atoms with Gasteiger partial charge in [0.2, 0.25) is 0 Å². The average molecular weight is 253 g/mol. The predicted octanol–water partition coefficient (Wildman–Crippen LogP) is 1.95. The van der Waals surface area contributed by atoms with Crippen LogP contribution in [0, 0.1) is 0 Å². The van der Waals surface area contributed by atoms with Crippen LogP contribution in [-0.4, -0.2) is 36.4 Å². The molecule has 3 nitrogen and oxygen atoms in total. The number of likely N-dealkylation sites (tertiary alicyclic amines) is 1. The molecule has 0 bridgehead atoms. The molecule has 2 rings (SSSR count). The molecule has 17 heavy (non-hydrogen) atoms. The number of nitrogens with zero attached hydrogens (tertiary/aromatic N) is 1. The van der Waals surface area contributed by atoms with Gasteiger partial charge in [-0.3, -0.25) is 9.69 Å². The maximum absolute atomic E-state index is 12.0. The first-order chi connectivity index (χ1) is 8.15. The lowest BCUT2D eigenvalue weighted by Crippen LogP contribution is -2.44. The van der Waals surface area contributed by atoms with Crippen LogP contribution in [0.1, 0.15) is 23.2 Å². The topological polar surface area (TPSA) is 46.3 Å². The van der Waals surface area contributed by atoms with Crippen molar-refractivity contribution in [1.82, 2.24) is 4.90 Å². The van der Waals surface area contributed by atoms with E-state index in [2.05, 4.69) is 4.90 Å². The van der Waals surface area contributed by atoms with Crippen LogP contribution in [0.4, 0.5) is 0 Å². The van der Waals surface area contributed by atoms with Gasteiger partial charge in [0.15, 0.2) is 5.78 Å². The average Bonchev–Trinajstić information content (AvgIpc) is 2.29. The Kier molecular flexibility index (Phi) is 4.15. The number of hydrogen-bond donors (Lipinski definition) is 1. The first-order valence-corrected chi connectivity index (χ1v) is 6.29. The molecule has 1 aromatic carbocycles. The third-order valence-corrected chi connectivity index (χ3v) is 3.29. The molecule has 92 valence electrons. The largest absolute Gasteiger partial charge is 0.327 e. The van der Waals surface area contributed by atoms with Crippen LogP contribution in [0.2, 0.25) is 5.02 Å². The fourth-order valence-corrected chi connectivity index (χ4v) is 2.38. The van der Waals surface area contributed by atoms with Crippen molar-refractivity contribution in [3.05, 3.63) is 34.9 Å². The summed E-state index contributed by atoms with van der Waals surface area (Å²) in [5.41, 5.74) is 6.57. The van der Waals surface area contributed by atoms with Crippen molar-refractivity contribution in [2.45, 2.75) is 18.9 Å². The molecule has 1 saturated heterocycles. The molecule has 0 radical (unpaired) electrons. The van der Waals surface area contributed by atoms with Gasteiger partial charge in [0.25, 0.3) is 0 Å². The Morgan fingerprint density at radius 3 is 3.06 bits per heavy atom. The molecule has 1 aromatic rings. The maximum Gasteiger partial charge on any atom is 0.176 e. The summed E-state index contributed by atoms with van der Waals surface area (Å²) in [4.78, 5) is 14.2. The zero-order chi connectivity index (χ0) is 12.3. The van der Waals surface area contributed by atoms with Gasteiger partial charge in [0.05, 0.1) is 6.54 Å². The van der Waals surface area contributed by atoms with E-state index in [1.165, 1.54) is 0 Å². The van der Waals surface area contributed by atoms with Gasteiger partial charge in [-0.25, -0.2) is 0 Å². The molecular weight excluding hydrogens is 236 g/mol. The van der Waals surface area contributed by atoms with Gasteiger partial charge < -0.3 is 5.73 Å². The Balaban J connectivity index is 1.97. The summed E-state index contributed by atoms with van der Waals surface area (Å²) in [7, 11) is 0. The lowest BCUT2D eigenvalue weighted by atomic mass is 10.1. The van der Waals surface area contributed by atoms with Crippen molar-refractivity contribution >= 4 is 17.4 Å². The number of piperidine rings is 1. The van der Waals surface area contributed by atoms with Crippen LogP contribution >= 0.6 is 11.6 Å². The Hall–Kier alpha value is -0.900. The zero-order valence-corrected chi connectivity index (χ0v) is 10.5. The van der Waals surface area contributed by atoms with Crippen molar-refractivity contribution in [3.8, 4) is 0 Å². The number of carbonyl (C=O) groups is 1. The van der Waals surface area contributed by atoms with Gasteiger partial charge in [-0.05, 0) is 31.5 Å². The normalized spacial score (nSPS) is 21.4. The highest BCUT2D eigenvalue weighted by atomic mass is 35.5. The van der Waals surface area contributed by atoms with Gasteiger partial charge in [0.1, 0.15) is 0 Å². The molecular formula is C13H17ClN2O. The molecule has 1 fully saturated rings. The maximum atomic E-state index is 12.0. The van der Waals surface area contributed by atoms with Crippen molar-refractivity contribution in [2.24, 2.45) is 5.73 Å². The monoisotopic (exact) mass is 252 g/mol. The van der Waals surface area contributed by atoms with E-state index in [4.69, 9.17) is 17.3 Å². The molecule has 4 heteroatoms. The quantitative estimate of drug-likeness (QED) is 0.837. The Morgan fingerprint density at radius 1 is 1.53 bits per heavy atom. The Morgan fingerprint density at radius 2 is 2.35 bits per heavy atom. The van der Waals surface area contributed by atoms with E-state index in [1.807, 2.05) is 0 Å². The van der Waals surface area contributed by atoms with Crippen molar-refractivity contribution in [2.75, 3.05) is 19.6 Å². The van der Waals surface area contributed by atoms with Gasteiger partial charge in [-0.2, -0.15) is 0 Å². The Labute approximate surface area is 107 Å². The number of nitrogens with two attached hydrogens (primary N) is 1. The summed E-state index contributed by atoms with van der Waals surface area (Å²) in [5.74, 6) is 0.113. The van der Waals surface area contributed by atoms with Crippen LogP contribution < -0.4 is 5.73 Å². The van der Waals surface area contributed by atoms with Gasteiger partial charge in [0, 0.05) is 23.2 Å². The highest BCUT2D eigenvalue weighted by Crippen LogP contribution is 2.13. The lowest BCUT2D eigenvalue weighted by molar-refractivity contribution is 0.0908. The van der Waals surface area contributed by atoms with Crippen LogP contribution in [0.25, 0.3) is 0 Å². The lowest BCUT2D eigenvalue weighted by Gasteiger charge is -2.29. The number of ketones is 1.